The van der Waals surface area contributed by atoms with E-state index in [0.29, 0.717) is 6.04 Å². The SMILES string of the molecule is [C]N(CC)C(C)C. The molecule has 0 unspecified atom stereocenters. The third-order valence-electron chi connectivity index (χ3n) is 0.964. The minimum atomic E-state index is 0.366. The van der Waals surface area contributed by atoms with Crippen molar-refractivity contribution in [3.8, 4) is 0 Å². The van der Waals surface area contributed by atoms with Crippen LogP contribution >= 0.6 is 0 Å². The van der Waals surface area contributed by atoms with Crippen LogP contribution in [0.2, 0.25) is 0 Å². The summed E-state index contributed by atoms with van der Waals surface area (Å²) >= 11 is 0. The molecule has 0 bridgehead atoms. The normalized spacial score (nSPS) is 11.1. The first-order chi connectivity index (χ1) is 3.18. The van der Waals surface area contributed by atoms with E-state index in [2.05, 4.69) is 0 Å². The van der Waals surface area contributed by atoms with Crippen LogP contribution in [0.5, 0.6) is 0 Å². The van der Waals surface area contributed by atoms with Gasteiger partial charge >= 0.3 is 0 Å². The first-order valence-electron chi connectivity index (χ1n) is 2.66. The molecule has 0 rings (SSSR count). The van der Waals surface area contributed by atoms with E-state index in [0.717, 1.165) is 6.54 Å². The van der Waals surface area contributed by atoms with Gasteiger partial charge in [0.25, 0.3) is 0 Å². The molecule has 0 fully saturated rings. The van der Waals surface area contributed by atoms with E-state index in [-0.39, 0.29) is 0 Å². The summed E-state index contributed by atoms with van der Waals surface area (Å²) in [5.74, 6) is 0. The second-order valence-corrected chi connectivity index (χ2v) is 1.88. The largest absolute Gasteiger partial charge is 0.290 e. The third-order valence-corrected chi connectivity index (χ3v) is 0.964. The highest BCUT2D eigenvalue weighted by atomic mass is 15.1. The van der Waals surface area contributed by atoms with Crippen LogP contribution < -0.4 is 0 Å². The minimum Gasteiger partial charge on any atom is -0.290 e. The van der Waals surface area contributed by atoms with Crippen LogP contribution in [-0.2, 0) is 0 Å². The van der Waals surface area contributed by atoms with Gasteiger partial charge in [0.1, 0.15) is 0 Å². The van der Waals surface area contributed by atoms with Crippen LogP contribution in [0.4, 0.5) is 0 Å². The first kappa shape index (κ1) is 6.96. The molecule has 0 aromatic heterocycles. The van der Waals surface area contributed by atoms with Gasteiger partial charge in [-0.1, -0.05) is 6.92 Å². The molecule has 0 aromatic rings. The summed E-state index contributed by atoms with van der Waals surface area (Å²) in [6, 6.07) is 0.366. The van der Waals surface area contributed by atoms with E-state index < -0.39 is 0 Å². The van der Waals surface area contributed by atoms with Crippen molar-refractivity contribution in [2.75, 3.05) is 6.54 Å². The molecule has 0 aliphatic carbocycles. The van der Waals surface area contributed by atoms with Crippen LogP contribution in [0.15, 0.2) is 0 Å². The van der Waals surface area contributed by atoms with E-state index in [1.165, 1.54) is 0 Å². The highest BCUT2D eigenvalue weighted by molar-refractivity contribution is 4.55. The maximum atomic E-state index is 7.11. The van der Waals surface area contributed by atoms with Gasteiger partial charge in [-0.3, -0.25) is 4.90 Å². The lowest BCUT2D eigenvalue weighted by Crippen LogP contribution is -2.23. The smallest absolute Gasteiger partial charge is 0.0885 e. The fourth-order valence-corrected chi connectivity index (χ4v) is 0.365. The number of hydrogen-bond donors (Lipinski definition) is 0. The van der Waals surface area contributed by atoms with Gasteiger partial charge in [-0.2, -0.15) is 0 Å². The molecule has 0 spiro atoms. The molecule has 0 aromatic carbocycles. The van der Waals surface area contributed by atoms with Gasteiger partial charge < -0.3 is 0 Å². The number of rotatable bonds is 2. The quantitative estimate of drug-likeness (QED) is 0.502. The first-order valence-corrected chi connectivity index (χ1v) is 2.66. The third kappa shape index (κ3) is 2.63. The molecule has 0 N–H and O–H groups in total. The Morgan fingerprint density at radius 1 is 1.57 bits per heavy atom. The van der Waals surface area contributed by atoms with E-state index >= 15 is 0 Å². The lowest BCUT2D eigenvalue weighted by atomic mass is 10.3. The molecule has 0 amide bonds. The van der Waals surface area contributed by atoms with Crippen LogP contribution in [0.25, 0.3) is 0 Å². The Hall–Kier alpha value is -0.0400. The van der Waals surface area contributed by atoms with Crippen molar-refractivity contribution in [2.45, 2.75) is 26.8 Å². The molecular formula is C6H12N. The van der Waals surface area contributed by atoms with Gasteiger partial charge in [0.2, 0.25) is 0 Å². The van der Waals surface area contributed by atoms with E-state index in [9.17, 15) is 0 Å². The predicted octanol–water partition coefficient (Wildman–Crippen LogP) is 1.26. The van der Waals surface area contributed by atoms with Crippen molar-refractivity contribution < 1.29 is 0 Å². The van der Waals surface area contributed by atoms with Crippen molar-refractivity contribution in [1.29, 1.82) is 0 Å². The second kappa shape index (κ2) is 3.03. The number of hydrogen-bond acceptors (Lipinski definition) is 1. The van der Waals surface area contributed by atoms with Gasteiger partial charge in [-0.25, -0.2) is 0 Å². The molecule has 0 heterocycles. The lowest BCUT2D eigenvalue weighted by Gasteiger charge is -2.16. The summed E-state index contributed by atoms with van der Waals surface area (Å²) in [4.78, 5) is 1.54. The molecule has 0 aliphatic heterocycles. The highest BCUT2D eigenvalue weighted by Crippen LogP contribution is 1.91. The van der Waals surface area contributed by atoms with E-state index in [1.807, 2.05) is 20.8 Å². The number of nitrogens with zero attached hydrogens (tertiary/aromatic N) is 1. The Morgan fingerprint density at radius 2 is 2.00 bits per heavy atom. The molecule has 0 atom stereocenters. The Labute approximate surface area is 46.3 Å². The van der Waals surface area contributed by atoms with Crippen LogP contribution in [0.1, 0.15) is 20.8 Å². The zero-order chi connectivity index (χ0) is 5.86. The fraction of sp³-hybridized carbons (Fsp3) is 0.833. The fourth-order valence-electron chi connectivity index (χ4n) is 0.365. The van der Waals surface area contributed by atoms with E-state index in [4.69, 9.17) is 7.05 Å². The molecule has 0 saturated heterocycles. The monoisotopic (exact) mass is 98.1 g/mol. The van der Waals surface area contributed by atoms with Crippen molar-refractivity contribution in [3.05, 3.63) is 7.05 Å². The summed E-state index contributed by atoms with van der Waals surface area (Å²) in [6.45, 7) is 6.82. The van der Waals surface area contributed by atoms with Gasteiger partial charge in [0.15, 0.2) is 0 Å². The highest BCUT2D eigenvalue weighted by Gasteiger charge is 1.97. The Balaban J connectivity index is 3.14. The molecule has 0 saturated carbocycles. The molecule has 3 radical (unpaired) electrons. The molecule has 7 heavy (non-hydrogen) atoms. The topological polar surface area (TPSA) is 3.24 Å². The van der Waals surface area contributed by atoms with Gasteiger partial charge in [-0.15, -0.1) is 0 Å². The summed E-state index contributed by atoms with van der Waals surface area (Å²) in [7, 11) is 7.11. The summed E-state index contributed by atoms with van der Waals surface area (Å²) in [5.41, 5.74) is 0. The zero-order valence-electron chi connectivity index (χ0n) is 5.23. The van der Waals surface area contributed by atoms with Crippen molar-refractivity contribution in [2.24, 2.45) is 0 Å². The van der Waals surface area contributed by atoms with Crippen LogP contribution in [0, 0.1) is 7.05 Å². The maximum absolute atomic E-state index is 7.11. The Morgan fingerprint density at radius 3 is 2.00 bits per heavy atom. The molecule has 41 valence electrons. The standard InChI is InChI=1S/C6H12N/c1-5-7(4)6(2)3/h6H,5H2,1-3H3. The van der Waals surface area contributed by atoms with Gasteiger partial charge in [-0.05, 0) is 20.4 Å². The van der Waals surface area contributed by atoms with Crippen molar-refractivity contribution in [3.63, 3.8) is 0 Å². The summed E-state index contributed by atoms with van der Waals surface area (Å²) in [5, 5.41) is 0. The van der Waals surface area contributed by atoms with Gasteiger partial charge in [0, 0.05) is 6.04 Å². The Kier molecular flexibility index (Phi) is 3.01. The van der Waals surface area contributed by atoms with Crippen molar-refractivity contribution >= 4 is 0 Å². The Bertz CT molecular complexity index is 41.4. The van der Waals surface area contributed by atoms with E-state index in [1.54, 1.807) is 4.90 Å². The molecular weight excluding hydrogens is 86.1 g/mol. The zero-order valence-corrected chi connectivity index (χ0v) is 5.23. The van der Waals surface area contributed by atoms with Crippen molar-refractivity contribution in [1.82, 2.24) is 4.90 Å². The average molecular weight is 98.2 g/mol. The predicted molar refractivity (Wildman–Crippen MR) is 30.8 cm³/mol. The average Bonchev–Trinajstić information content (AvgIpc) is 1.65. The van der Waals surface area contributed by atoms with Crippen LogP contribution in [-0.4, -0.2) is 17.5 Å². The molecule has 1 nitrogen and oxygen atoms in total. The van der Waals surface area contributed by atoms with Gasteiger partial charge in [0.05, 0.1) is 7.05 Å². The summed E-state index contributed by atoms with van der Waals surface area (Å²) in [6.07, 6.45) is 0. The molecule has 0 aliphatic rings. The minimum absolute atomic E-state index is 0.366. The lowest BCUT2D eigenvalue weighted by molar-refractivity contribution is 0.322. The molecule has 1 heteroatoms. The summed E-state index contributed by atoms with van der Waals surface area (Å²) < 4.78 is 0. The second-order valence-electron chi connectivity index (χ2n) is 1.88. The van der Waals surface area contributed by atoms with Crippen LogP contribution in [0.3, 0.4) is 0 Å². The maximum Gasteiger partial charge on any atom is 0.0885 e.